The van der Waals surface area contributed by atoms with Crippen molar-refractivity contribution in [2.45, 2.75) is 221 Å². The van der Waals surface area contributed by atoms with E-state index in [1.165, 1.54) is 47.7 Å². The van der Waals surface area contributed by atoms with Gasteiger partial charge in [-0.15, -0.1) is 11.8 Å². The van der Waals surface area contributed by atoms with Crippen LogP contribution in [0.1, 0.15) is 234 Å². The van der Waals surface area contributed by atoms with Crippen LogP contribution in [-0.4, -0.2) is 68.8 Å². The van der Waals surface area contributed by atoms with E-state index in [4.69, 9.17) is 23.4 Å². The number of ether oxygens (including phenoxy) is 4. The van der Waals surface area contributed by atoms with Gasteiger partial charge >= 0.3 is 0 Å². The lowest BCUT2D eigenvalue weighted by Gasteiger charge is -2.39. The SMILES string of the molecule is C.C=C(SCCC(C)(C)C)C(C)(C)CO[Si](C)(C)C(C)(C)C.CCC1(CC)COC(c2ccc(C(=O)SCCC(C)(C)C)cc2)OC1.CCC1(CC)COC(c2ccc(C(=O)SCCCCC(C)(C)C)cc2)OC1. The van der Waals surface area contributed by atoms with E-state index in [1.54, 1.807) is 0 Å². The molecular weight excluding hydrogens is 993 g/mol. The Kier molecular flexibility index (Phi) is 30.0. The van der Waals surface area contributed by atoms with E-state index in [2.05, 4.69) is 144 Å². The number of hydrogen-bond acceptors (Lipinski definition) is 10. The van der Waals surface area contributed by atoms with Gasteiger partial charge in [-0.1, -0.05) is 217 Å². The zero-order valence-electron chi connectivity index (χ0n) is 50.1. The minimum Gasteiger partial charge on any atom is -0.416 e. The maximum atomic E-state index is 12.4. The molecule has 0 atom stereocenters. The zero-order valence-corrected chi connectivity index (χ0v) is 53.5. The van der Waals surface area contributed by atoms with E-state index >= 15 is 0 Å². The molecule has 0 N–H and O–H groups in total. The molecule has 11 heteroatoms. The predicted molar refractivity (Wildman–Crippen MR) is 328 cm³/mol. The second-order valence-electron chi connectivity index (χ2n) is 26.7. The van der Waals surface area contributed by atoms with E-state index in [0.29, 0.717) is 10.8 Å². The van der Waals surface area contributed by atoms with Crippen LogP contribution in [0.3, 0.4) is 0 Å². The summed E-state index contributed by atoms with van der Waals surface area (Å²) in [5, 5.41) is 0.556. The Hall–Kier alpha value is -1.41. The number of carbonyl (C=O) groups excluding carboxylic acids is 2. The third-order valence-corrected chi connectivity index (χ3v) is 22.8. The predicted octanol–water partition coefficient (Wildman–Crippen LogP) is 19.8. The van der Waals surface area contributed by atoms with Gasteiger partial charge in [-0.25, -0.2) is 0 Å². The molecule has 0 saturated carbocycles. The van der Waals surface area contributed by atoms with Gasteiger partial charge in [0.05, 0.1) is 26.4 Å². The van der Waals surface area contributed by atoms with Crippen molar-refractivity contribution < 1.29 is 33.0 Å². The van der Waals surface area contributed by atoms with Crippen LogP contribution in [-0.2, 0) is 23.4 Å². The molecule has 0 spiro atoms. The summed E-state index contributed by atoms with van der Waals surface area (Å²) in [6.07, 6.45) is 9.35. The Labute approximate surface area is 469 Å². The zero-order chi connectivity index (χ0) is 55.5. The summed E-state index contributed by atoms with van der Waals surface area (Å²) < 4.78 is 30.2. The van der Waals surface area contributed by atoms with E-state index in [1.807, 2.05) is 60.3 Å². The summed E-state index contributed by atoms with van der Waals surface area (Å²) in [6, 6.07) is 15.4. The number of rotatable bonds is 21. The molecule has 0 bridgehead atoms. The molecule has 0 radical (unpaired) electrons. The molecule has 0 unspecified atom stereocenters. The van der Waals surface area contributed by atoms with Crippen LogP contribution in [0.4, 0.5) is 0 Å². The second kappa shape index (κ2) is 31.4. The van der Waals surface area contributed by atoms with E-state index in [0.717, 1.165) is 111 Å². The fraction of sp³-hybridized carbons (Fsp3) is 0.746. The molecule has 2 aliphatic rings. The van der Waals surface area contributed by atoms with Crippen LogP contribution in [0.2, 0.25) is 18.1 Å². The monoisotopic (exact) mass is 1100 g/mol. The van der Waals surface area contributed by atoms with E-state index < -0.39 is 8.32 Å². The molecule has 74 heavy (non-hydrogen) atoms. The first-order valence-corrected chi connectivity index (χ1v) is 33.5. The van der Waals surface area contributed by atoms with Gasteiger partial charge in [-0.05, 0) is 96.4 Å². The first-order valence-electron chi connectivity index (χ1n) is 27.6. The van der Waals surface area contributed by atoms with Crippen molar-refractivity contribution in [2.24, 2.45) is 32.5 Å². The van der Waals surface area contributed by atoms with Crippen LogP contribution >= 0.6 is 35.3 Å². The highest BCUT2D eigenvalue weighted by Gasteiger charge is 2.39. The molecule has 4 rings (SSSR count). The van der Waals surface area contributed by atoms with Gasteiger partial charge in [0.25, 0.3) is 0 Å². The molecule has 426 valence electrons. The summed E-state index contributed by atoms with van der Waals surface area (Å²) >= 11 is 4.74. The average molecular weight is 1100 g/mol. The fourth-order valence-electron chi connectivity index (χ4n) is 7.32. The maximum absolute atomic E-state index is 12.4. The Morgan fingerprint density at radius 1 is 0.554 bits per heavy atom. The molecule has 2 aromatic carbocycles. The molecule has 2 heterocycles. The maximum Gasteiger partial charge on any atom is 0.219 e. The van der Waals surface area contributed by atoms with Gasteiger partial charge < -0.3 is 23.4 Å². The van der Waals surface area contributed by atoms with Gasteiger partial charge in [0.2, 0.25) is 10.2 Å². The molecular formula is C63H110O7S3Si. The average Bonchev–Trinajstić information content (AvgIpc) is 3.32. The van der Waals surface area contributed by atoms with Crippen LogP contribution in [0.5, 0.6) is 0 Å². The quantitative estimate of drug-likeness (QED) is 0.0891. The highest BCUT2D eigenvalue weighted by atomic mass is 32.2. The normalized spacial score (nSPS) is 16.8. The molecule has 2 saturated heterocycles. The smallest absolute Gasteiger partial charge is 0.219 e. The van der Waals surface area contributed by atoms with Crippen LogP contribution in [0.25, 0.3) is 0 Å². The number of unbranched alkanes of at least 4 members (excludes halogenated alkanes) is 1. The Balaban J connectivity index is 0.000000556. The summed E-state index contributed by atoms with van der Waals surface area (Å²) in [4.78, 5) is 25.9. The van der Waals surface area contributed by atoms with Crippen molar-refractivity contribution in [3.8, 4) is 0 Å². The fourth-order valence-corrected chi connectivity index (χ4v) is 11.9. The molecule has 0 aliphatic carbocycles. The number of benzene rings is 2. The molecule has 2 aliphatic heterocycles. The third kappa shape index (κ3) is 25.6. The Bertz CT molecular complexity index is 1910. The number of hydrogen-bond donors (Lipinski definition) is 0. The van der Waals surface area contributed by atoms with E-state index in [-0.39, 0.29) is 56.9 Å². The van der Waals surface area contributed by atoms with Crippen molar-refractivity contribution in [1.82, 2.24) is 0 Å². The standard InChI is InChI=1S/C23H36O3S.C21H32O3S.C18H38OSSi.CH4/c1-6-23(7-2)16-25-21(26-17-23)19-12-10-18(11-13-19)20(24)27-15-9-8-14-22(3,4)5;1-6-21(7-2)14-23-19(24-15-21)17-10-8-16(9-11-17)18(22)25-13-12-20(3,4)5;1-15(20-13-12-16(2,3)4)18(8,9)14-19-21(10,11)17(5,6)7;/h10-13,21H,6-9,14-17H2,1-5H3;8-11,19H,6-7,12-15H2,1-5H3;1,12-14H2,2-11H3;1H4. The van der Waals surface area contributed by atoms with Gasteiger partial charge in [0, 0.05) is 56.6 Å². The first-order chi connectivity index (χ1) is 33.7. The van der Waals surface area contributed by atoms with E-state index in [9.17, 15) is 9.59 Å². The third-order valence-electron chi connectivity index (χ3n) is 15.1. The number of thioether (sulfide) groups is 3. The first kappa shape index (κ1) is 70.6. The summed E-state index contributed by atoms with van der Waals surface area (Å²) in [6.45, 7) is 53.1. The largest absolute Gasteiger partial charge is 0.416 e. The molecule has 2 fully saturated rings. The van der Waals surface area contributed by atoms with Crippen molar-refractivity contribution >= 4 is 53.8 Å². The minimum atomic E-state index is -1.67. The van der Waals surface area contributed by atoms with Crippen molar-refractivity contribution in [1.29, 1.82) is 0 Å². The highest BCUT2D eigenvalue weighted by Crippen LogP contribution is 2.42. The van der Waals surface area contributed by atoms with Crippen LogP contribution in [0, 0.1) is 32.5 Å². The topological polar surface area (TPSA) is 80.3 Å². The summed E-state index contributed by atoms with van der Waals surface area (Å²) in [5.41, 5.74) is 4.85. The highest BCUT2D eigenvalue weighted by molar-refractivity contribution is 8.14. The van der Waals surface area contributed by atoms with Gasteiger partial charge in [-0.3, -0.25) is 9.59 Å². The lowest BCUT2D eigenvalue weighted by Crippen LogP contribution is -2.43. The molecule has 0 amide bonds. The Morgan fingerprint density at radius 3 is 1.22 bits per heavy atom. The van der Waals surface area contributed by atoms with Gasteiger partial charge in [0.1, 0.15) is 0 Å². The molecule has 7 nitrogen and oxygen atoms in total. The Morgan fingerprint density at radius 2 is 0.892 bits per heavy atom. The van der Waals surface area contributed by atoms with Crippen molar-refractivity contribution in [3.63, 3.8) is 0 Å². The molecule has 2 aromatic rings. The summed E-state index contributed by atoms with van der Waals surface area (Å²) in [5.74, 6) is 2.89. The van der Waals surface area contributed by atoms with Crippen LogP contribution < -0.4 is 0 Å². The lowest BCUT2D eigenvalue weighted by molar-refractivity contribution is -0.235. The van der Waals surface area contributed by atoms with Gasteiger partial charge in [-0.2, -0.15) is 0 Å². The number of carbonyl (C=O) groups is 2. The lowest BCUT2D eigenvalue weighted by atomic mass is 9.83. The van der Waals surface area contributed by atoms with Crippen molar-refractivity contribution in [3.05, 3.63) is 82.3 Å². The minimum absolute atomic E-state index is 0. The second-order valence-corrected chi connectivity index (χ2v) is 34.8. The van der Waals surface area contributed by atoms with Gasteiger partial charge in [0.15, 0.2) is 20.9 Å². The van der Waals surface area contributed by atoms with Crippen molar-refractivity contribution in [2.75, 3.05) is 50.3 Å². The summed E-state index contributed by atoms with van der Waals surface area (Å²) in [7, 11) is -1.67. The van der Waals surface area contributed by atoms with Crippen LogP contribution in [0.15, 0.2) is 60.0 Å². The molecule has 0 aromatic heterocycles.